The molecule has 1 heterocycles. The molecule has 0 atom stereocenters. The van der Waals surface area contributed by atoms with E-state index in [1.54, 1.807) is 12.1 Å². The average molecular weight is 306 g/mol. The number of nitro benzene ring substituents is 1. The van der Waals surface area contributed by atoms with Gasteiger partial charge in [-0.2, -0.15) is 0 Å². The Kier molecular flexibility index (Phi) is 4.67. The van der Waals surface area contributed by atoms with Gasteiger partial charge in [0.15, 0.2) is 0 Å². The van der Waals surface area contributed by atoms with Crippen LogP contribution in [0.3, 0.4) is 0 Å². The molecule has 0 fully saturated rings. The summed E-state index contributed by atoms with van der Waals surface area (Å²) in [5.74, 6) is -0.404. The fourth-order valence-corrected chi connectivity index (χ4v) is 2.18. The molecule has 1 amide bonds. The van der Waals surface area contributed by atoms with Crippen LogP contribution in [0.1, 0.15) is 0 Å². The standard InChI is InChI=1S/C12H10N4O4S/c17-10(7-21-11-5-6-13-12(18)15-11)14-8-3-1-2-4-9(8)16(19)20/h1-6H,7H2,(H,14,17)(H,13,15,18). The number of nitro groups is 1. The van der Waals surface area contributed by atoms with E-state index >= 15 is 0 Å². The smallest absolute Gasteiger partial charge is 0.320 e. The highest BCUT2D eigenvalue weighted by molar-refractivity contribution is 7.99. The Bertz CT molecular complexity index is 731. The van der Waals surface area contributed by atoms with Crippen LogP contribution in [0.2, 0.25) is 0 Å². The summed E-state index contributed by atoms with van der Waals surface area (Å²) in [5, 5.41) is 13.8. The zero-order valence-electron chi connectivity index (χ0n) is 10.6. The number of aromatic amines is 1. The summed E-state index contributed by atoms with van der Waals surface area (Å²) in [6, 6.07) is 7.43. The molecule has 21 heavy (non-hydrogen) atoms. The zero-order chi connectivity index (χ0) is 15.2. The number of H-pyrrole nitrogens is 1. The van der Waals surface area contributed by atoms with Crippen LogP contribution in [0.15, 0.2) is 46.3 Å². The second-order valence-electron chi connectivity index (χ2n) is 3.85. The first-order valence-corrected chi connectivity index (χ1v) is 6.76. The summed E-state index contributed by atoms with van der Waals surface area (Å²) in [6.45, 7) is 0. The number of benzene rings is 1. The number of aromatic nitrogens is 2. The maximum absolute atomic E-state index is 11.8. The van der Waals surface area contributed by atoms with E-state index in [4.69, 9.17) is 0 Å². The molecule has 108 valence electrons. The second kappa shape index (κ2) is 6.66. The normalized spacial score (nSPS) is 10.1. The van der Waals surface area contributed by atoms with Crippen LogP contribution in [0.5, 0.6) is 0 Å². The maximum Gasteiger partial charge on any atom is 0.345 e. The van der Waals surface area contributed by atoms with E-state index in [0.29, 0.717) is 5.03 Å². The summed E-state index contributed by atoms with van der Waals surface area (Å²) in [7, 11) is 0. The van der Waals surface area contributed by atoms with Crippen molar-refractivity contribution >= 4 is 29.0 Å². The number of nitrogens with one attached hydrogen (secondary N) is 2. The fraction of sp³-hybridized carbons (Fsp3) is 0.0833. The number of para-hydroxylation sites is 2. The third kappa shape index (κ3) is 4.14. The molecule has 9 heteroatoms. The van der Waals surface area contributed by atoms with Crippen LogP contribution < -0.4 is 11.0 Å². The number of amides is 1. The number of thioether (sulfide) groups is 1. The van der Waals surface area contributed by atoms with Crippen molar-refractivity contribution in [3.63, 3.8) is 0 Å². The van der Waals surface area contributed by atoms with Gasteiger partial charge in [0, 0.05) is 12.3 Å². The summed E-state index contributed by atoms with van der Waals surface area (Å²) < 4.78 is 0. The second-order valence-corrected chi connectivity index (χ2v) is 4.87. The van der Waals surface area contributed by atoms with Crippen LogP contribution in [0, 0.1) is 10.1 Å². The number of rotatable bonds is 5. The van der Waals surface area contributed by atoms with Crippen molar-refractivity contribution < 1.29 is 9.72 Å². The molecule has 0 radical (unpaired) electrons. The van der Waals surface area contributed by atoms with Crippen molar-refractivity contribution in [3.8, 4) is 0 Å². The number of anilines is 1. The Morgan fingerprint density at radius 1 is 1.38 bits per heavy atom. The molecule has 2 N–H and O–H groups in total. The number of nitrogens with zero attached hydrogens (tertiary/aromatic N) is 2. The van der Waals surface area contributed by atoms with Gasteiger partial charge in [-0.15, -0.1) is 0 Å². The van der Waals surface area contributed by atoms with Gasteiger partial charge < -0.3 is 10.3 Å². The monoisotopic (exact) mass is 306 g/mol. The largest absolute Gasteiger partial charge is 0.345 e. The minimum Gasteiger partial charge on any atom is -0.320 e. The Morgan fingerprint density at radius 3 is 2.86 bits per heavy atom. The molecule has 0 saturated heterocycles. The average Bonchev–Trinajstić information content (AvgIpc) is 2.45. The van der Waals surface area contributed by atoms with Crippen LogP contribution in [0.25, 0.3) is 0 Å². The van der Waals surface area contributed by atoms with Gasteiger partial charge in [0.2, 0.25) is 5.91 Å². The molecule has 0 aliphatic carbocycles. The molecule has 0 aliphatic heterocycles. The molecule has 2 aromatic rings. The minimum absolute atomic E-state index is 0.00595. The highest BCUT2D eigenvalue weighted by atomic mass is 32.2. The molecule has 0 aliphatic rings. The van der Waals surface area contributed by atoms with Crippen molar-refractivity contribution in [2.24, 2.45) is 0 Å². The van der Waals surface area contributed by atoms with E-state index in [1.807, 2.05) is 0 Å². The predicted octanol–water partition coefficient (Wildman–Crippen LogP) is 1.41. The predicted molar refractivity (Wildman–Crippen MR) is 77.3 cm³/mol. The molecule has 1 aromatic carbocycles. The minimum atomic E-state index is -0.566. The lowest BCUT2D eigenvalue weighted by Gasteiger charge is -2.05. The third-order valence-electron chi connectivity index (χ3n) is 2.38. The van der Waals surface area contributed by atoms with E-state index in [2.05, 4.69) is 15.3 Å². The van der Waals surface area contributed by atoms with Crippen LogP contribution in [-0.2, 0) is 4.79 Å². The molecule has 0 saturated carbocycles. The molecular formula is C12H10N4O4S. The lowest BCUT2D eigenvalue weighted by molar-refractivity contribution is -0.383. The lowest BCUT2D eigenvalue weighted by atomic mass is 10.2. The zero-order valence-corrected chi connectivity index (χ0v) is 11.4. The van der Waals surface area contributed by atoms with Crippen molar-refractivity contribution in [2.45, 2.75) is 5.03 Å². The van der Waals surface area contributed by atoms with Gasteiger partial charge in [0.05, 0.1) is 15.7 Å². The fourth-order valence-electron chi connectivity index (χ4n) is 1.50. The van der Waals surface area contributed by atoms with Gasteiger partial charge in [0.25, 0.3) is 5.69 Å². The molecule has 0 spiro atoms. The van der Waals surface area contributed by atoms with Crippen LogP contribution in [-0.4, -0.2) is 26.6 Å². The van der Waals surface area contributed by atoms with Crippen molar-refractivity contribution in [1.29, 1.82) is 0 Å². The van der Waals surface area contributed by atoms with Crippen LogP contribution >= 0.6 is 11.8 Å². The number of hydrogen-bond donors (Lipinski definition) is 2. The van der Waals surface area contributed by atoms with Gasteiger partial charge in [-0.05, 0) is 12.1 Å². The molecule has 0 bridgehead atoms. The number of carbonyl (C=O) groups is 1. The van der Waals surface area contributed by atoms with E-state index < -0.39 is 16.5 Å². The maximum atomic E-state index is 11.8. The summed E-state index contributed by atoms with van der Waals surface area (Å²) >= 11 is 1.10. The summed E-state index contributed by atoms with van der Waals surface area (Å²) in [6.07, 6.45) is 1.33. The topological polar surface area (TPSA) is 118 Å². The summed E-state index contributed by atoms with van der Waals surface area (Å²) in [4.78, 5) is 39.0. The van der Waals surface area contributed by atoms with E-state index in [0.717, 1.165) is 11.8 Å². The van der Waals surface area contributed by atoms with Gasteiger partial charge in [-0.1, -0.05) is 23.9 Å². The van der Waals surface area contributed by atoms with Crippen LogP contribution in [0.4, 0.5) is 11.4 Å². The van der Waals surface area contributed by atoms with E-state index in [-0.39, 0.29) is 17.1 Å². The highest BCUT2D eigenvalue weighted by Crippen LogP contribution is 2.23. The Labute approximate surface area is 122 Å². The van der Waals surface area contributed by atoms with E-state index in [1.165, 1.54) is 24.4 Å². The first-order chi connectivity index (χ1) is 10.1. The van der Waals surface area contributed by atoms with Crippen molar-refractivity contribution in [1.82, 2.24) is 9.97 Å². The molecule has 8 nitrogen and oxygen atoms in total. The van der Waals surface area contributed by atoms with Gasteiger partial charge in [-0.25, -0.2) is 9.78 Å². The highest BCUT2D eigenvalue weighted by Gasteiger charge is 2.14. The van der Waals surface area contributed by atoms with Gasteiger partial charge >= 0.3 is 5.69 Å². The van der Waals surface area contributed by atoms with Crippen molar-refractivity contribution in [2.75, 3.05) is 11.1 Å². The van der Waals surface area contributed by atoms with Gasteiger partial charge in [-0.3, -0.25) is 14.9 Å². The molecule has 0 unspecified atom stereocenters. The first kappa shape index (κ1) is 14.7. The Morgan fingerprint density at radius 2 is 2.14 bits per heavy atom. The number of hydrogen-bond acceptors (Lipinski definition) is 6. The molecular weight excluding hydrogens is 296 g/mol. The SMILES string of the molecule is O=C(CSc1ccnc(=O)[nH]1)Nc1ccccc1[N+](=O)[O-]. The number of carbonyl (C=O) groups excluding carboxylic acids is 1. The molecule has 2 rings (SSSR count). The quantitative estimate of drug-likeness (QED) is 0.373. The Balaban J connectivity index is 1.99. The summed E-state index contributed by atoms with van der Waals surface area (Å²) in [5.41, 5.74) is -0.538. The lowest BCUT2D eigenvalue weighted by Crippen LogP contribution is -2.16. The third-order valence-corrected chi connectivity index (χ3v) is 3.34. The van der Waals surface area contributed by atoms with Crippen molar-refractivity contribution in [3.05, 3.63) is 57.1 Å². The van der Waals surface area contributed by atoms with Gasteiger partial charge in [0.1, 0.15) is 5.69 Å². The first-order valence-electron chi connectivity index (χ1n) is 5.77. The Hall–Kier alpha value is -2.68. The van der Waals surface area contributed by atoms with E-state index in [9.17, 15) is 19.7 Å². The molecule has 1 aromatic heterocycles.